The topological polar surface area (TPSA) is 29.4 Å². The van der Waals surface area contributed by atoms with Crippen molar-refractivity contribution in [2.45, 2.75) is 12.6 Å². The largest absolute Gasteiger partial charge is 0.416 e. The molecule has 0 saturated heterocycles. The maximum atomic E-state index is 12.2. The van der Waals surface area contributed by atoms with Gasteiger partial charge in [0.2, 0.25) is 6.08 Å². The first-order chi connectivity index (χ1) is 7.54. The minimum atomic E-state index is -4.31. The number of benzene rings is 1. The monoisotopic (exact) mass is 227 g/mol. The number of nitrogens with zero attached hydrogens (tertiary/aromatic N) is 1. The lowest BCUT2D eigenvalue weighted by atomic mass is 10.1. The highest BCUT2D eigenvalue weighted by atomic mass is 19.4. The molecule has 0 aromatic heterocycles. The van der Waals surface area contributed by atoms with E-state index in [-0.39, 0.29) is 0 Å². The maximum absolute atomic E-state index is 12.2. The number of allylic oxidation sites excluding steroid dienone is 1. The number of carbonyl (C=O) groups excluding carboxylic acids is 1. The Kier molecular flexibility index (Phi) is 4.03. The number of hydrogen-bond acceptors (Lipinski definition) is 2. The van der Waals surface area contributed by atoms with Crippen LogP contribution >= 0.6 is 0 Å². The van der Waals surface area contributed by atoms with Crippen LogP contribution < -0.4 is 0 Å². The molecule has 1 aromatic carbocycles. The zero-order chi connectivity index (χ0) is 12.0. The van der Waals surface area contributed by atoms with E-state index in [1.165, 1.54) is 24.4 Å². The summed E-state index contributed by atoms with van der Waals surface area (Å²) in [5.74, 6) is 0. The van der Waals surface area contributed by atoms with E-state index >= 15 is 0 Å². The molecule has 0 saturated carbocycles. The van der Waals surface area contributed by atoms with E-state index < -0.39 is 11.7 Å². The summed E-state index contributed by atoms with van der Waals surface area (Å²) in [6, 6.07) is 4.81. The average Bonchev–Trinajstić information content (AvgIpc) is 2.24. The van der Waals surface area contributed by atoms with Gasteiger partial charge in [-0.05, 0) is 24.1 Å². The van der Waals surface area contributed by atoms with Gasteiger partial charge in [0, 0.05) is 6.20 Å². The van der Waals surface area contributed by atoms with Crippen LogP contribution in [0.5, 0.6) is 0 Å². The van der Waals surface area contributed by atoms with Crippen LogP contribution in [-0.4, -0.2) is 6.08 Å². The Balaban J connectivity index is 2.69. The highest BCUT2D eigenvalue weighted by Crippen LogP contribution is 2.29. The lowest BCUT2D eigenvalue weighted by molar-refractivity contribution is -0.137. The molecule has 0 aliphatic heterocycles. The van der Waals surface area contributed by atoms with Crippen molar-refractivity contribution < 1.29 is 18.0 Å². The van der Waals surface area contributed by atoms with E-state index in [4.69, 9.17) is 0 Å². The molecule has 5 heteroatoms. The van der Waals surface area contributed by atoms with Gasteiger partial charge >= 0.3 is 6.18 Å². The lowest BCUT2D eigenvalue weighted by Crippen LogP contribution is -2.04. The van der Waals surface area contributed by atoms with Gasteiger partial charge in [-0.1, -0.05) is 18.2 Å². The second kappa shape index (κ2) is 5.28. The van der Waals surface area contributed by atoms with E-state index in [0.717, 1.165) is 12.1 Å². The summed E-state index contributed by atoms with van der Waals surface area (Å²) in [6.07, 6.45) is 0.251. The molecule has 0 amide bonds. The fourth-order valence-corrected chi connectivity index (χ4v) is 1.10. The molecule has 0 fully saturated rings. The summed E-state index contributed by atoms with van der Waals surface area (Å²) >= 11 is 0. The van der Waals surface area contributed by atoms with Gasteiger partial charge in [-0.2, -0.15) is 18.2 Å². The number of rotatable bonds is 3. The zero-order valence-corrected chi connectivity index (χ0v) is 8.16. The highest BCUT2D eigenvalue weighted by Gasteiger charge is 2.29. The normalized spacial score (nSPS) is 11.4. The Morgan fingerprint density at radius 3 is 2.38 bits per heavy atom. The van der Waals surface area contributed by atoms with Gasteiger partial charge in [0.25, 0.3) is 0 Å². The van der Waals surface area contributed by atoms with Gasteiger partial charge in [0.05, 0.1) is 5.56 Å². The number of hydrogen-bond donors (Lipinski definition) is 0. The number of isocyanates is 1. The highest BCUT2D eigenvalue weighted by molar-refractivity contribution is 5.34. The Bertz CT molecular complexity index is 414. The van der Waals surface area contributed by atoms with Crippen molar-refractivity contribution in [3.05, 3.63) is 47.7 Å². The van der Waals surface area contributed by atoms with Gasteiger partial charge in [-0.25, -0.2) is 4.79 Å². The maximum Gasteiger partial charge on any atom is 0.416 e. The number of aliphatic imine (C=N–C) groups is 1. The van der Waals surface area contributed by atoms with E-state index in [0.29, 0.717) is 12.0 Å². The Morgan fingerprint density at radius 1 is 1.25 bits per heavy atom. The van der Waals surface area contributed by atoms with Crippen LogP contribution in [0.3, 0.4) is 0 Å². The van der Waals surface area contributed by atoms with Crippen LogP contribution in [-0.2, 0) is 17.4 Å². The van der Waals surface area contributed by atoms with Crippen molar-refractivity contribution in [2.24, 2.45) is 4.99 Å². The predicted octanol–water partition coefficient (Wildman–Crippen LogP) is 3.10. The lowest BCUT2D eigenvalue weighted by Gasteiger charge is -2.06. The van der Waals surface area contributed by atoms with E-state index in [9.17, 15) is 18.0 Å². The minimum Gasteiger partial charge on any atom is -0.211 e. The first-order valence-corrected chi connectivity index (χ1v) is 4.42. The number of halogens is 3. The molecular formula is C11H8F3NO. The van der Waals surface area contributed by atoms with E-state index in [1.54, 1.807) is 6.08 Å². The van der Waals surface area contributed by atoms with Crippen LogP contribution in [0, 0.1) is 0 Å². The third-order valence-corrected chi connectivity index (χ3v) is 1.87. The Morgan fingerprint density at radius 2 is 1.88 bits per heavy atom. The standard InChI is InChI=1S/C11H8F3NO/c12-11(13,14)10-5-3-9(4-6-10)2-1-7-15-8-16/h1,3-7H,2H2/b7-1-. The minimum absolute atomic E-state index is 0.420. The van der Waals surface area contributed by atoms with Crippen LogP contribution in [0.15, 0.2) is 41.5 Å². The second-order valence-corrected chi connectivity index (χ2v) is 3.00. The van der Waals surface area contributed by atoms with Crippen molar-refractivity contribution in [3.8, 4) is 0 Å². The molecule has 0 aliphatic rings. The fraction of sp³-hybridized carbons (Fsp3) is 0.182. The second-order valence-electron chi connectivity index (χ2n) is 3.00. The molecule has 2 nitrogen and oxygen atoms in total. The molecule has 1 rings (SSSR count). The summed E-state index contributed by atoms with van der Waals surface area (Å²) in [4.78, 5) is 12.9. The molecule has 84 valence electrons. The van der Waals surface area contributed by atoms with Crippen molar-refractivity contribution in [2.75, 3.05) is 0 Å². The summed E-state index contributed by atoms with van der Waals surface area (Å²) in [7, 11) is 0. The van der Waals surface area contributed by atoms with Crippen molar-refractivity contribution >= 4 is 6.08 Å². The van der Waals surface area contributed by atoms with Crippen LogP contribution in [0.2, 0.25) is 0 Å². The van der Waals surface area contributed by atoms with Gasteiger partial charge < -0.3 is 0 Å². The first kappa shape index (κ1) is 12.2. The average molecular weight is 227 g/mol. The molecule has 0 N–H and O–H groups in total. The first-order valence-electron chi connectivity index (χ1n) is 4.42. The molecule has 0 unspecified atom stereocenters. The fourth-order valence-electron chi connectivity index (χ4n) is 1.10. The smallest absolute Gasteiger partial charge is 0.211 e. The SMILES string of the molecule is O=C=N/C=C\Cc1ccc(C(F)(F)F)cc1. The third-order valence-electron chi connectivity index (χ3n) is 1.87. The summed E-state index contributed by atoms with van der Waals surface area (Å²) in [6.45, 7) is 0. The van der Waals surface area contributed by atoms with Crippen LogP contribution in [0.25, 0.3) is 0 Å². The quantitative estimate of drug-likeness (QED) is 0.576. The number of alkyl halides is 3. The summed E-state index contributed by atoms with van der Waals surface area (Å²) in [5.41, 5.74) is 0.0384. The molecule has 0 bridgehead atoms. The van der Waals surface area contributed by atoms with Crippen molar-refractivity contribution in [1.82, 2.24) is 0 Å². The predicted molar refractivity (Wildman–Crippen MR) is 52.4 cm³/mol. The van der Waals surface area contributed by atoms with Crippen molar-refractivity contribution in [3.63, 3.8) is 0 Å². The van der Waals surface area contributed by atoms with Crippen LogP contribution in [0.1, 0.15) is 11.1 Å². The molecule has 0 aliphatic carbocycles. The van der Waals surface area contributed by atoms with Gasteiger partial charge in [0.1, 0.15) is 0 Å². The van der Waals surface area contributed by atoms with E-state index in [2.05, 4.69) is 4.99 Å². The van der Waals surface area contributed by atoms with Gasteiger partial charge in [-0.3, -0.25) is 0 Å². The summed E-state index contributed by atoms with van der Waals surface area (Å²) in [5, 5.41) is 0. The Labute approximate surface area is 90.1 Å². The van der Waals surface area contributed by atoms with Crippen LogP contribution in [0.4, 0.5) is 13.2 Å². The van der Waals surface area contributed by atoms with Gasteiger partial charge in [0.15, 0.2) is 0 Å². The molecule has 0 heterocycles. The third kappa shape index (κ3) is 3.71. The van der Waals surface area contributed by atoms with Gasteiger partial charge in [-0.15, -0.1) is 0 Å². The Hall–Kier alpha value is -1.87. The molecule has 16 heavy (non-hydrogen) atoms. The molecule has 0 spiro atoms. The summed E-state index contributed by atoms with van der Waals surface area (Å²) < 4.78 is 36.6. The molecular weight excluding hydrogens is 219 g/mol. The molecule has 0 radical (unpaired) electrons. The molecule has 1 aromatic rings. The van der Waals surface area contributed by atoms with E-state index in [1.807, 2.05) is 0 Å². The van der Waals surface area contributed by atoms with Crippen molar-refractivity contribution in [1.29, 1.82) is 0 Å². The zero-order valence-electron chi connectivity index (χ0n) is 8.16. The molecule has 0 atom stereocenters.